The van der Waals surface area contributed by atoms with Gasteiger partial charge in [0.25, 0.3) is 0 Å². The molecule has 0 saturated carbocycles. The predicted molar refractivity (Wildman–Crippen MR) is 83.9 cm³/mol. The second-order valence-corrected chi connectivity index (χ2v) is 4.42. The van der Waals surface area contributed by atoms with E-state index in [1.807, 2.05) is 55.5 Å². The van der Waals surface area contributed by atoms with Crippen molar-refractivity contribution in [2.24, 2.45) is 5.10 Å². The van der Waals surface area contributed by atoms with Crippen molar-refractivity contribution in [1.29, 1.82) is 0 Å². The van der Waals surface area contributed by atoms with Crippen molar-refractivity contribution in [3.63, 3.8) is 0 Å². The molecule has 5 heteroatoms. The predicted octanol–water partition coefficient (Wildman–Crippen LogP) is 3.16. The number of methoxy groups -OCH3 is 1. The number of amides is 2. The SMILES string of the molecule is COc1cccc(C=NNC(=O)Nc2ccccc2C)c1. The Hall–Kier alpha value is -2.82. The molecule has 0 unspecified atom stereocenters. The zero-order valence-electron chi connectivity index (χ0n) is 12.0. The molecule has 2 N–H and O–H groups in total. The van der Waals surface area contributed by atoms with Gasteiger partial charge in [-0.3, -0.25) is 0 Å². The van der Waals surface area contributed by atoms with Crippen LogP contribution < -0.4 is 15.5 Å². The van der Waals surface area contributed by atoms with E-state index in [0.29, 0.717) is 0 Å². The fraction of sp³-hybridized carbons (Fsp3) is 0.125. The average Bonchev–Trinajstić information content (AvgIpc) is 2.50. The van der Waals surface area contributed by atoms with Crippen molar-refractivity contribution in [2.45, 2.75) is 6.92 Å². The maximum atomic E-state index is 11.7. The third-order valence-corrected chi connectivity index (χ3v) is 2.87. The number of hydrogen-bond acceptors (Lipinski definition) is 3. The molecule has 21 heavy (non-hydrogen) atoms. The summed E-state index contributed by atoms with van der Waals surface area (Å²) in [5.41, 5.74) is 5.01. The molecule has 108 valence electrons. The van der Waals surface area contributed by atoms with Gasteiger partial charge in [0.1, 0.15) is 5.75 Å². The largest absolute Gasteiger partial charge is 0.497 e. The van der Waals surface area contributed by atoms with Crippen LogP contribution in [0.4, 0.5) is 10.5 Å². The first-order valence-electron chi connectivity index (χ1n) is 6.49. The summed E-state index contributed by atoms with van der Waals surface area (Å²) in [4.78, 5) is 11.7. The van der Waals surface area contributed by atoms with Crippen molar-refractivity contribution in [1.82, 2.24) is 5.43 Å². The van der Waals surface area contributed by atoms with Crippen LogP contribution in [0.25, 0.3) is 0 Å². The first kappa shape index (κ1) is 14.6. The molecule has 0 heterocycles. The summed E-state index contributed by atoms with van der Waals surface area (Å²) in [7, 11) is 1.60. The van der Waals surface area contributed by atoms with E-state index in [9.17, 15) is 4.79 Å². The van der Waals surface area contributed by atoms with E-state index in [-0.39, 0.29) is 6.03 Å². The molecule has 0 aromatic heterocycles. The lowest BCUT2D eigenvalue weighted by Crippen LogP contribution is -2.24. The second kappa shape index (κ2) is 7.09. The van der Waals surface area contributed by atoms with Gasteiger partial charge in [0, 0.05) is 5.69 Å². The summed E-state index contributed by atoms with van der Waals surface area (Å²) >= 11 is 0. The first-order chi connectivity index (χ1) is 10.2. The monoisotopic (exact) mass is 283 g/mol. The van der Waals surface area contributed by atoms with Gasteiger partial charge >= 0.3 is 6.03 Å². The Bertz CT molecular complexity index is 653. The minimum atomic E-state index is -0.386. The molecular formula is C16H17N3O2. The molecule has 2 rings (SSSR count). The maximum absolute atomic E-state index is 11.7. The summed E-state index contributed by atoms with van der Waals surface area (Å²) < 4.78 is 5.11. The zero-order valence-corrected chi connectivity index (χ0v) is 12.0. The fourth-order valence-electron chi connectivity index (χ4n) is 1.75. The van der Waals surface area contributed by atoms with E-state index >= 15 is 0 Å². The van der Waals surface area contributed by atoms with Crippen LogP contribution in [0.15, 0.2) is 53.6 Å². The van der Waals surface area contributed by atoms with Gasteiger partial charge in [-0.2, -0.15) is 5.10 Å². The van der Waals surface area contributed by atoms with Gasteiger partial charge in [0.05, 0.1) is 13.3 Å². The number of carbonyl (C=O) groups is 1. The Morgan fingerprint density at radius 2 is 2.00 bits per heavy atom. The van der Waals surface area contributed by atoms with Crippen LogP contribution in [0.5, 0.6) is 5.75 Å². The number of hydrazone groups is 1. The van der Waals surface area contributed by atoms with Crippen molar-refractivity contribution < 1.29 is 9.53 Å². The minimum Gasteiger partial charge on any atom is -0.497 e. The Kier molecular flexibility index (Phi) is 4.93. The number of urea groups is 1. The number of rotatable bonds is 4. The standard InChI is InChI=1S/C16H17N3O2/c1-12-6-3-4-9-15(12)18-16(20)19-17-11-13-7-5-8-14(10-13)21-2/h3-11H,1-2H3,(H2,18,19,20). The van der Waals surface area contributed by atoms with E-state index in [2.05, 4.69) is 15.8 Å². The Morgan fingerprint density at radius 3 is 2.76 bits per heavy atom. The molecule has 0 aliphatic rings. The van der Waals surface area contributed by atoms with E-state index in [1.165, 1.54) is 0 Å². The summed E-state index contributed by atoms with van der Waals surface area (Å²) in [6, 6.07) is 14.5. The number of aryl methyl sites for hydroxylation is 1. The number of carbonyl (C=O) groups excluding carboxylic acids is 1. The highest BCUT2D eigenvalue weighted by molar-refractivity contribution is 5.91. The van der Waals surface area contributed by atoms with Gasteiger partial charge in [-0.15, -0.1) is 0 Å². The van der Waals surface area contributed by atoms with Crippen molar-refractivity contribution in [3.05, 3.63) is 59.7 Å². The summed E-state index contributed by atoms with van der Waals surface area (Å²) in [6.07, 6.45) is 1.56. The Labute approximate surface area is 123 Å². The highest BCUT2D eigenvalue weighted by atomic mass is 16.5. The molecule has 0 bridgehead atoms. The molecule has 0 saturated heterocycles. The van der Waals surface area contributed by atoms with Gasteiger partial charge in [-0.05, 0) is 36.2 Å². The smallest absolute Gasteiger partial charge is 0.339 e. The molecule has 2 aromatic carbocycles. The van der Waals surface area contributed by atoms with Crippen LogP contribution in [-0.4, -0.2) is 19.4 Å². The zero-order chi connectivity index (χ0) is 15.1. The normalized spacial score (nSPS) is 10.4. The minimum absolute atomic E-state index is 0.386. The van der Waals surface area contributed by atoms with E-state index < -0.39 is 0 Å². The van der Waals surface area contributed by atoms with Gasteiger partial charge in [-0.25, -0.2) is 10.2 Å². The van der Waals surface area contributed by atoms with E-state index in [4.69, 9.17) is 4.74 Å². The van der Waals surface area contributed by atoms with Crippen molar-refractivity contribution >= 4 is 17.9 Å². The number of ether oxygens (including phenoxy) is 1. The molecule has 0 aliphatic heterocycles. The summed E-state index contributed by atoms with van der Waals surface area (Å²) in [6.45, 7) is 1.93. The molecule has 2 amide bonds. The number of hydrogen-bond donors (Lipinski definition) is 2. The van der Waals surface area contributed by atoms with E-state index in [0.717, 1.165) is 22.6 Å². The van der Waals surface area contributed by atoms with Crippen LogP contribution in [0, 0.1) is 6.92 Å². The quantitative estimate of drug-likeness (QED) is 0.668. The highest BCUT2D eigenvalue weighted by Gasteiger charge is 2.01. The van der Waals surface area contributed by atoms with Gasteiger partial charge in [0.2, 0.25) is 0 Å². The average molecular weight is 283 g/mol. The van der Waals surface area contributed by atoms with Crippen molar-refractivity contribution in [2.75, 3.05) is 12.4 Å². The van der Waals surface area contributed by atoms with Gasteiger partial charge in [0.15, 0.2) is 0 Å². The number of nitrogens with one attached hydrogen (secondary N) is 2. The highest BCUT2D eigenvalue weighted by Crippen LogP contribution is 2.12. The number of benzene rings is 2. The molecule has 0 aliphatic carbocycles. The Morgan fingerprint density at radius 1 is 1.19 bits per heavy atom. The topological polar surface area (TPSA) is 62.7 Å². The molecule has 0 radical (unpaired) electrons. The third kappa shape index (κ3) is 4.35. The van der Waals surface area contributed by atoms with Gasteiger partial charge < -0.3 is 10.1 Å². The summed E-state index contributed by atoms with van der Waals surface area (Å²) in [5.74, 6) is 0.739. The van der Waals surface area contributed by atoms with Crippen LogP contribution in [0.2, 0.25) is 0 Å². The first-order valence-corrected chi connectivity index (χ1v) is 6.49. The lowest BCUT2D eigenvalue weighted by molar-refractivity contribution is 0.252. The van der Waals surface area contributed by atoms with Crippen LogP contribution in [0.1, 0.15) is 11.1 Å². The van der Waals surface area contributed by atoms with Crippen LogP contribution >= 0.6 is 0 Å². The van der Waals surface area contributed by atoms with E-state index in [1.54, 1.807) is 13.3 Å². The van der Waals surface area contributed by atoms with Crippen LogP contribution in [0.3, 0.4) is 0 Å². The molecule has 2 aromatic rings. The number of para-hydroxylation sites is 1. The molecule has 5 nitrogen and oxygen atoms in total. The molecule has 0 atom stereocenters. The van der Waals surface area contributed by atoms with Gasteiger partial charge in [-0.1, -0.05) is 30.3 Å². The number of nitrogens with zero attached hydrogens (tertiary/aromatic N) is 1. The second-order valence-electron chi connectivity index (χ2n) is 4.42. The summed E-state index contributed by atoms with van der Waals surface area (Å²) in [5, 5.41) is 6.63. The Balaban J connectivity index is 1.91. The maximum Gasteiger partial charge on any atom is 0.339 e. The third-order valence-electron chi connectivity index (χ3n) is 2.87. The lowest BCUT2D eigenvalue weighted by Gasteiger charge is -2.06. The molecular weight excluding hydrogens is 266 g/mol. The fourth-order valence-corrected chi connectivity index (χ4v) is 1.75. The number of anilines is 1. The van der Waals surface area contributed by atoms with Crippen molar-refractivity contribution in [3.8, 4) is 5.75 Å². The lowest BCUT2D eigenvalue weighted by atomic mass is 10.2. The van der Waals surface area contributed by atoms with Crippen LogP contribution in [-0.2, 0) is 0 Å². The molecule has 0 fully saturated rings. The molecule has 0 spiro atoms.